The highest BCUT2D eigenvalue weighted by atomic mass is 16.7. The normalized spacial score (nSPS) is 30.9. The summed E-state index contributed by atoms with van der Waals surface area (Å²) in [6.07, 6.45) is -6.17. The molecule has 0 aromatic heterocycles. The summed E-state index contributed by atoms with van der Waals surface area (Å²) in [6, 6.07) is 9.57. The molecule has 162 valence electrons. The molecule has 1 saturated heterocycles. The first-order valence-electron chi connectivity index (χ1n) is 9.66. The van der Waals surface area contributed by atoms with Crippen molar-refractivity contribution in [1.82, 2.24) is 0 Å². The van der Waals surface area contributed by atoms with Gasteiger partial charge in [-0.3, -0.25) is 0 Å². The molecule has 30 heavy (non-hydrogen) atoms. The predicted molar refractivity (Wildman–Crippen MR) is 102 cm³/mol. The van der Waals surface area contributed by atoms with Crippen LogP contribution in [0.1, 0.15) is 23.7 Å². The van der Waals surface area contributed by atoms with Gasteiger partial charge in [-0.05, 0) is 30.5 Å². The number of benzene rings is 2. The largest absolute Gasteiger partial charge is 0.508 e. The second kappa shape index (κ2) is 8.29. The molecule has 0 radical (unpaired) electrons. The maximum absolute atomic E-state index is 10.4. The van der Waals surface area contributed by atoms with Crippen molar-refractivity contribution in [2.45, 2.75) is 49.7 Å². The first-order chi connectivity index (χ1) is 14.4. The van der Waals surface area contributed by atoms with Gasteiger partial charge in [0, 0.05) is 17.7 Å². The number of aliphatic hydroxyl groups is 4. The van der Waals surface area contributed by atoms with E-state index in [2.05, 4.69) is 0 Å². The van der Waals surface area contributed by atoms with Crippen LogP contribution in [0.4, 0.5) is 0 Å². The van der Waals surface area contributed by atoms with Gasteiger partial charge in [-0.2, -0.15) is 0 Å². The summed E-state index contributed by atoms with van der Waals surface area (Å²) in [7, 11) is 0. The van der Waals surface area contributed by atoms with E-state index in [1.807, 2.05) is 0 Å². The van der Waals surface area contributed by atoms with Gasteiger partial charge in [-0.1, -0.05) is 12.1 Å². The second-order valence-electron chi connectivity index (χ2n) is 7.47. The highest BCUT2D eigenvalue weighted by Crippen LogP contribution is 2.42. The van der Waals surface area contributed by atoms with E-state index < -0.39 is 37.3 Å². The molecule has 2 aromatic rings. The van der Waals surface area contributed by atoms with Gasteiger partial charge >= 0.3 is 0 Å². The molecule has 9 nitrogen and oxygen atoms in total. The van der Waals surface area contributed by atoms with Crippen LogP contribution in [0.25, 0.3) is 0 Å². The Labute approximate surface area is 172 Å². The van der Waals surface area contributed by atoms with Crippen LogP contribution < -0.4 is 9.47 Å². The van der Waals surface area contributed by atoms with E-state index in [1.165, 1.54) is 6.07 Å². The lowest BCUT2D eigenvalue weighted by Gasteiger charge is -2.39. The molecular formula is C21H24O9. The summed E-state index contributed by atoms with van der Waals surface area (Å²) in [4.78, 5) is 0. The van der Waals surface area contributed by atoms with Crippen LogP contribution in [-0.2, 0) is 11.2 Å². The Bertz CT molecular complexity index is 883. The highest BCUT2D eigenvalue weighted by molar-refractivity contribution is 5.51. The Morgan fingerprint density at radius 1 is 0.967 bits per heavy atom. The SMILES string of the molecule is OCC1OC(Oc2cc(O)c3c(c2)OC(c2ccc(O)cc2)CC3)C(O)C(O)C1O. The zero-order valence-electron chi connectivity index (χ0n) is 16.0. The molecular weight excluding hydrogens is 396 g/mol. The van der Waals surface area contributed by atoms with Crippen LogP contribution in [0.2, 0.25) is 0 Å². The Morgan fingerprint density at radius 3 is 2.40 bits per heavy atom. The van der Waals surface area contributed by atoms with Crippen molar-refractivity contribution in [2.75, 3.05) is 6.61 Å². The van der Waals surface area contributed by atoms with E-state index in [-0.39, 0.29) is 23.4 Å². The van der Waals surface area contributed by atoms with Gasteiger partial charge in [0.15, 0.2) is 0 Å². The Hall–Kier alpha value is -2.56. The van der Waals surface area contributed by atoms with E-state index in [9.17, 15) is 30.6 Å². The van der Waals surface area contributed by atoms with Crippen LogP contribution >= 0.6 is 0 Å². The zero-order valence-corrected chi connectivity index (χ0v) is 16.0. The standard InChI is InChI=1S/C21H24O9/c22-9-17-18(25)19(26)20(27)21(30-17)28-12-7-14(24)13-5-6-15(29-16(13)8-12)10-1-3-11(23)4-2-10/h1-4,7-8,15,17-27H,5-6,9H2. The van der Waals surface area contributed by atoms with E-state index >= 15 is 0 Å². The number of hydrogen-bond acceptors (Lipinski definition) is 9. The first kappa shape index (κ1) is 20.7. The zero-order chi connectivity index (χ0) is 21.4. The summed E-state index contributed by atoms with van der Waals surface area (Å²) < 4.78 is 17.0. The molecule has 0 bridgehead atoms. The number of phenols is 2. The van der Waals surface area contributed by atoms with E-state index in [0.717, 1.165) is 5.56 Å². The number of rotatable bonds is 4. The number of fused-ring (bicyclic) bond motifs is 1. The molecule has 4 rings (SSSR count). The topological polar surface area (TPSA) is 149 Å². The minimum atomic E-state index is -1.57. The van der Waals surface area contributed by atoms with Crippen LogP contribution in [0.15, 0.2) is 36.4 Å². The second-order valence-corrected chi connectivity index (χ2v) is 7.47. The number of hydrogen-bond donors (Lipinski definition) is 6. The fourth-order valence-corrected chi connectivity index (χ4v) is 3.74. The van der Waals surface area contributed by atoms with Gasteiger partial charge in [0.25, 0.3) is 0 Å². The third-order valence-corrected chi connectivity index (χ3v) is 5.45. The number of aliphatic hydroxyl groups excluding tert-OH is 4. The minimum absolute atomic E-state index is 0.0451. The van der Waals surface area contributed by atoms with Gasteiger partial charge < -0.3 is 44.8 Å². The van der Waals surface area contributed by atoms with Crippen molar-refractivity contribution in [3.8, 4) is 23.0 Å². The molecule has 2 aliphatic rings. The summed E-state index contributed by atoms with van der Waals surface area (Å²) in [5.74, 6) is 0.639. The maximum Gasteiger partial charge on any atom is 0.229 e. The van der Waals surface area contributed by atoms with Crippen molar-refractivity contribution in [3.05, 3.63) is 47.5 Å². The fourth-order valence-electron chi connectivity index (χ4n) is 3.74. The van der Waals surface area contributed by atoms with E-state index in [1.54, 1.807) is 30.3 Å². The molecule has 6 unspecified atom stereocenters. The lowest BCUT2D eigenvalue weighted by Crippen LogP contribution is -2.60. The van der Waals surface area contributed by atoms with Gasteiger partial charge in [-0.25, -0.2) is 0 Å². The Balaban J connectivity index is 1.54. The third kappa shape index (κ3) is 3.90. The third-order valence-electron chi connectivity index (χ3n) is 5.45. The van der Waals surface area contributed by atoms with Crippen molar-refractivity contribution in [2.24, 2.45) is 0 Å². The Morgan fingerprint density at radius 2 is 1.70 bits per heavy atom. The van der Waals surface area contributed by atoms with Gasteiger partial charge in [0.1, 0.15) is 53.5 Å². The monoisotopic (exact) mass is 420 g/mol. The highest BCUT2D eigenvalue weighted by Gasteiger charge is 2.44. The van der Waals surface area contributed by atoms with Crippen LogP contribution in [0, 0.1) is 0 Å². The summed E-state index contributed by atoms with van der Waals surface area (Å²) in [5, 5.41) is 59.1. The molecule has 6 N–H and O–H groups in total. The molecule has 0 spiro atoms. The maximum atomic E-state index is 10.4. The Kier molecular flexibility index (Phi) is 5.72. The average Bonchev–Trinajstić information content (AvgIpc) is 2.74. The van der Waals surface area contributed by atoms with E-state index in [0.29, 0.717) is 24.2 Å². The fraction of sp³-hybridized carbons (Fsp3) is 0.429. The molecule has 0 saturated carbocycles. The van der Waals surface area contributed by atoms with Crippen molar-refractivity contribution in [3.63, 3.8) is 0 Å². The van der Waals surface area contributed by atoms with Gasteiger partial charge in [0.05, 0.1) is 6.61 Å². The molecule has 2 aromatic carbocycles. The predicted octanol–water partition coefficient (Wildman–Crippen LogP) is 0.343. The lowest BCUT2D eigenvalue weighted by atomic mass is 9.96. The van der Waals surface area contributed by atoms with E-state index in [4.69, 9.17) is 14.2 Å². The molecule has 2 aliphatic heterocycles. The summed E-state index contributed by atoms with van der Waals surface area (Å²) in [6.45, 7) is -0.572. The summed E-state index contributed by atoms with van der Waals surface area (Å²) in [5.41, 5.74) is 1.49. The molecule has 6 atom stereocenters. The first-order valence-corrected chi connectivity index (χ1v) is 9.66. The molecule has 0 amide bonds. The molecule has 1 fully saturated rings. The van der Waals surface area contributed by atoms with Crippen LogP contribution in [0.3, 0.4) is 0 Å². The van der Waals surface area contributed by atoms with Crippen molar-refractivity contribution >= 4 is 0 Å². The van der Waals surface area contributed by atoms with Crippen LogP contribution in [-0.4, -0.2) is 68.0 Å². The number of ether oxygens (including phenoxy) is 3. The van der Waals surface area contributed by atoms with Gasteiger partial charge in [0.2, 0.25) is 6.29 Å². The van der Waals surface area contributed by atoms with Gasteiger partial charge in [-0.15, -0.1) is 0 Å². The van der Waals surface area contributed by atoms with Crippen LogP contribution in [0.5, 0.6) is 23.0 Å². The quantitative estimate of drug-likeness (QED) is 0.412. The van der Waals surface area contributed by atoms with Crippen molar-refractivity contribution in [1.29, 1.82) is 0 Å². The minimum Gasteiger partial charge on any atom is -0.508 e. The lowest BCUT2D eigenvalue weighted by molar-refractivity contribution is -0.277. The van der Waals surface area contributed by atoms with Crippen molar-refractivity contribution < 1.29 is 44.8 Å². The smallest absolute Gasteiger partial charge is 0.229 e. The average molecular weight is 420 g/mol. The molecule has 2 heterocycles. The molecule has 9 heteroatoms. The summed E-state index contributed by atoms with van der Waals surface area (Å²) >= 11 is 0. The number of phenolic OH excluding ortho intramolecular Hbond substituents is 2. The molecule has 0 aliphatic carbocycles. The number of aromatic hydroxyl groups is 2.